The third-order valence-corrected chi connectivity index (χ3v) is 4.02. The molecule has 9 heteroatoms. The zero-order valence-corrected chi connectivity index (χ0v) is 12.7. The van der Waals surface area contributed by atoms with Gasteiger partial charge in [0, 0.05) is 30.2 Å². The molecule has 1 aromatic rings. The molecule has 0 atom stereocenters. The molecule has 1 aromatic heterocycles. The van der Waals surface area contributed by atoms with Crippen LogP contribution in [0.1, 0.15) is 13.3 Å². The van der Waals surface area contributed by atoms with Crippen LogP contribution in [0.25, 0.3) is 0 Å². The van der Waals surface area contributed by atoms with E-state index in [0.29, 0.717) is 11.0 Å². The van der Waals surface area contributed by atoms with Crippen LogP contribution in [0.5, 0.6) is 0 Å². The van der Waals surface area contributed by atoms with Gasteiger partial charge in [0.05, 0.1) is 0 Å². The average Bonchev–Trinajstić information content (AvgIpc) is 2.31. The van der Waals surface area contributed by atoms with Crippen LogP contribution < -0.4 is 15.8 Å². The summed E-state index contributed by atoms with van der Waals surface area (Å²) in [6.07, 6.45) is 1.44. The molecule has 0 fully saturated rings. The Labute approximate surface area is 120 Å². The minimum absolute atomic E-state index is 0.0215. The Bertz CT molecular complexity index is 562. The second-order valence-electron chi connectivity index (χ2n) is 3.64. The number of aromatic nitrogens is 1. The van der Waals surface area contributed by atoms with Crippen molar-refractivity contribution in [3.63, 3.8) is 0 Å². The van der Waals surface area contributed by atoms with Crippen LogP contribution in [0.3, 0.4) is 0 Å². The van der Waals surface area contributed by atoms with Crippen LogP contribution >= 0.6 is 15.9 Å². The molecule has 0 unspecified atom stereocenters. The fraction of sp³-hybridized carbons (Fsp3) is 0.400. The summed E-state index contributed by atoms with van der Waals surface area (Å²) < 4.78 is 27.0. The first kappa shape index (κ1) is 15.9. The Morgan fingerprint density at radius 1 is 1.53 bits per heavy atom. The van der Waals surface area contributed by atoms with Crippen LogP contribution in [-0.4, -0.2) is 32.4 Å². The molecule has 0 saturated heterocycles. The second-order valence-corrected chi connectivity index (χ2v) is 6.30. The maximum atomic E-state index is 12.1. The van der Waals surface area contributed by atoms with Crippen LogP contribution in [0.2, 0.25) is 0 Å². The molecule has 0 spiro atoms. The molecule has 0 bridgehead atoms. The minimum atomic E-state index is -3.74. The number of sulfonamides is 1. The maximum Gasteiger partial charge on any atom is 0.244 e. The van der Waals surface area contributed by atoms with Crippen molar-refractivity contribution in [1.82, 2.24) is 9.71 Å². The number of nitrogens with one attached hydrogen (secondary N) is 2. The van der Waals surface area contributed by atoms with Gasteiger partial charge in [0.25, 0.3) is 0 Å². The fourth-order valence-electron chi connectivity index (χ4n) is 1.31. The molecule has 0 aliphatic carbocycles. The first-order valence-corrected chi connectivity index (χ1v) is 7.82. The van der Waals surface area contributed by atoms with E-state index in [9.17, 15) is 13.2 Å². The molecule has 1 rings (SSSR count). The second kappa shape index (κ2) is 6.83. The van der Waals surface area contributed by atoms with Crippen molar-refractivity contribution >= 4 is 37.7 Å². The Balaban J connectivity index is 2.98. The van der Waals surface area contributed by atoms with Crippen molar-refractivity contribution < 1.29 is 13.2 Å². The highest BCUT2D eigenvalue weighted by atomic mass is 79.9. The van der Waals surface area contributed by atoms with E-state index in [1.54, 1.807) is 0 Å². The zero-order chi connectivity index (χ0) is 14.5. The van der Waals surface area contributed by atoms with Crippen LogP contribution in [-0.2, 0) is 14.8 Å². The van der Waals surface area contributed by atoms with Gasteiger partial charge in [-0.25, -0.2) is 18.1 Å². The molecule has 0 aromatic carbocycles. The first-order chi connectivity index (χ1) is 8.86. The highest BCUT2D eigenvalue weighted by molar-refractivity contribution is 9.10. The summed E-state index contributed by atoms with van der Waals surface area (Å²) in [7, 11) is -3.74. The number of pyridine rings is 1. The number of anilines is 1. The van der Waals surface area contributed by atoms with Gasteiger partial charge in [0.1, 0.15) is 10.7 Å². The normalized spacial score (nSPS) is 11.3. The van der Waals surface area contributed by atoms with E-state index in [4.69, 9.17) is 5.73 Å². The first-order valence-electron chi connectivity index (χ1n) is 5.54. The third kappa shape index (κ3) is 4.77. The highest BCUT2D eigenvalue weighted by Crippen LogP contribution is 2.22. The van der Waals surface area contributed by atoms with Crippen molar-refractivity contribution in [1.29, 1.82) is 0 Å². The Morgan fingerprint density at radius 3 is 2.79 bits per heavy atom. The molecule has 4 N–H and O–H groups in total. The SMILES string of the molecule is CCNc1ncc(Br)cc1S(=O)(=O)NCCC(N)=O. The fourth-order valence-corrected chi connectivity index (χ4v) is 2.98. The van der Waals surface area contributed by atoms with Crippen molar-refractivity contribution in [3.05, 3.63) is 16.7 Å². The molecule has 0 aliphatic rings. The monoisotopic (exact) mass is 350 g/mol. The van der Waals surface area contributed by atoms with Gasteiger partial charge in [0.2, 0.25) is 15.9 Å². The lowest BCUT2D eigenvalue weighted by atomic mass is 10.4. The van der Waals surface area contributed by atoms with Gasteiger partial charge < -0.3 is 11.1 Å². The number of nitrogens with zero attached hydrogens (tertiary/aromatic N) is 1. The topological polar surface area (TPSA) is 114 Å². The number of carbonyl (C=O) groups is 1. The van der Waals surface area contributed by atoms with Gasteiger partial charge in [-0.05, 0) is 28.9 Å². The van der Waals surface area contributed by atoms with Crippen molar-refractivity contribution in [2.45, 2.75) is 18.2 Å². The summed E-state index contributed by atoms with van der Waals surface area (Å²) in [6.45, 7) is 2.33. The van der Waals surface area contributed by atoms with Gasteiger partial charge in [0.15, 0.2) is 0 Å². The molecule has 0 aliphatic heterocycles. The number of halogens is 1. The predicted molar refractivity (Wildman–Crippen MR) is 75.1 cm³/mol. The summed E-state index contributed by atoms with van der Waals surface area (Å²) in [5.41, 5.74) is 4.96. The molecule has 1 heterocycles. The molecule has 19 heavy (non-hydrogen) atoms. The van der Waals surface area contributed by atoms with E-state index in [1.807, 2.05) is 6.92 Å². The Hall–Kier alpha value is -1.19. The molecule has 0 saturated carbocycles. The van der Waals surface area contributed by atoms with Gasteiger partial charge in [-0.15, -0.1) is 0 Å². The summed E-state index contributed by atoms with van der Waals surface area (Å²) in [6, 6.07) is 1.44. The zero-order valence-electron chi connectivity index (χ0n) is 10.3. The number of rotatable bonds is 7. The predicted octanol–water partition coefficient (Wildman–Crippen LogP) is 0.430. The molecular weight excluding hydrogens is 336 g/mol. The van der Waals surface area contributed by atoms with E-state index in [-0.39, 0.29) is 23.7 Å². The molecule has 106 valence electrons. The quantitative estimate of drug-likeness (QED) is 0.659. The lowest BCUT2D eigenvalue weighted by Gasteiger charge is -2.11. The molecule has 0 radical (unpaired) electrons. The van der Waals surface area contributed by atoms with E-state index in [0.717, 1.165) is 0 Å². The standard InChI is InChI=1S/C10H15BrN4O3S/c1-2-13-10-8(5-7(11)6-14-10)19(17,18)15-4-3-9(12)16/h5-6,15H,2-4H2,1H3,(H2,12,16)(H,13,14). The number of nitrogens with two attached hydrogens (primary N) is 1. The van der Waals surface area contributed by atoms with Crippen molar-refractivity contribution in [2.75, 3.05) is 18.4 Å². The van der Waals surface area contributed by atoms with E-state index in [2.05, 4.69) is 31.0 Å². The lowest BCUT2D eigenvalue weighted by molar-refractivity contribution is -0.117. The summed E-state index contributed by atoms with van der Waals surface area (Å²) >= 11 is 3.17. The number of amides is 1. The molecule has 7 nitrogen and oxygen atoms in total. The maximum absolute atomic E-state index is 12.1. The van der Waals surface area contributed by atoms with Gasteiger partial charge in [-0.2, -0.15) is 0 Å². The number of primary amides is 1. The number of carbonyl (C=O) groups excluding carboxylic acids is 1. The van der Waals surface area contributed by atoms with Crippen LogP contribution in [0.4, 0.5) is 5.82 Å². The number of hydrogen-bond donors (Lipinski definition) is 3. The van der Waals surface area contributed by atoms with Crippen LogP contribution in [0.15, 0.2) is 21.6 Å². The van der Waals surface area contributed by atoms with Crippen LogP contribution in [0, 0.1) is 0 Å². The molecule has 1 amide bonds. The lowest BCUT2D eigenvalue weighted by Crippen LogP contribution is -2.28. The minimum Gasteiger partial charge on any atom is -0.370 e. The Kier molecular flexibility index (Phi) is 5.70. The van der Waals surface area contributed by atoms with E-state index in [1.165, 1.54) is 12.3 Å². The van der Waals surface area contributed by atoms with Gasteiger partial charge >= 0.3 is 0 Å². The largest absolute Gasteiger partial charge is 0.370 e. The molecular formula is C10H15BrN4O3S. The van der Waals surface area contributed by atoms with Crippen molar-refractivity contribution in [2.24, 2.45) is 5.73 Å². The van der Waals surface area contributed by atoms with E-state index >= 15 is 0 Å². The van der Waals surface area contributed by atoms with Crippen molar-refractivity contribution in [3.8, 4) is 0 Å². The Morgan fingerprint density at radius 2 is 2.21 bits per heavy atom. The highest BCUT2D eigenvalue weighted by Gasteiger charge is 2.19. The average molecular weight is 351 g/mol. The third-order valence-electron chi connectivity index (χ3n) is 2.12. The van der Waals surface area contributed by atoms with Gasteiger partial charge in [-0.1, -0.05) is 0 Å². The smallest absolute Gasteiger partial charge is 0.244 e. The summed E-state index contributed by atoms with van der Waals surface area (Å²) in [5, 5.41) is 2.87. The summed E-state index contributed by atoms with van der Waals surface area (Å²) in [4.78, 5) is 14.6. The van der Waals surface area contributed by atoms with E-state index < -0.39 is 15.9 Å². The summed E-state index contributed by atoms with van der Waals surface area (Å²) in [5.74, 6) is -0.306. The number of hydrogen-bond acceptors (Lipinski definition) is 5. The van der Waals surface area contributed by atoms with Gasteiger partial charge in [-0.3, -0.25) is 4.79 Å².